The van der Waals surface area contributed by atoms with Gasteiger partial charge < -0.3 is 10.8 Å². The van der Waals surface area contributed by atoms with Gasteiger partial charge in [0, 0.05) is 10.0 Å². The normalized spacial score (nSPS) is 14.9. The second kappa shape index (κ2) is 6.59. The topological polar surface area (TPSA) is 46.2 Å². The van der Waals surface area contributed by atoms with Gasteiger partial charge in [-0.1, -0.05) is 29.8 Å². The van der Waals surface area contributed by atoms with E-state index in [2.05, 4.69) is 15.9 Å². The van der Waals surface area contributed by atoms with Gasteiger partial charge in [-0.25, -0.2) is 8.78 Å². The van der Waals surface area contributed by atoms with Gasteiger partial charge in [0.2, 0.25) is 0 Å². The van der Waals surface area contributed by atoms with Crippen LogP contribution in [0, 0.1) is 17.6 Å². The number of halogens is 3. The Balaban J connectivity index is 2.86. The number of hydrogen-bond donors (Lipinski definition) is 2. The van der Waals surface area contributed by atoms with Crippen molar-refractivity contribution < 1.29 is 13.9 Å². The van der Waals surface area contributed by atoms with Gasteiger partial charge in [0.1, 0.15) is 11.6 Å². The maximum atomic E-state index is 13.7. The summed E-state index contributed by atoms with van der Waals surface area (Å²) in [5.74, 6) is -1.07. The van der Waals surface area contributed by atoms with Crippen molar-refractivity contribution >= 4 is 15.9 Å². The molecule has 3 N–H and O–H groups in total. The van der Waals surface area contributed by atoms with Crippen molar-refractivity contribution in [3.63, 3.8) is 0 Å². The number of aliphatic hydroxyl groups excluding tert-OH is 1. The molecule has 0 saturated carbocycles. The molecule has 0 radical (unpaired) electrons. The van der Waals surface area contributed by atoms with Crippen LogP contribution in [0.25, 0.3) is 0 Å². The predicted octanol–water partition coefficient (Wildman–Crippen LogP) is 3.52. The molecule has 0 aliphatic rings. The van der Waals surface area contributed by atoms with Crippen LogP contribution >= 0.6 is 15.9 Å². The zero-order valence-corrected chi connectivity index (χ0v) is 12.0. The summed E-state index contributed by atoms with van der Waals surface area (Å²) in [5.41, 5.74) is 5.48. The van der Waals surface area contributed by atoms with Crippen molar-refractivity contribution in [1.82, 2.24) is 0 Å². The average molecular weight is 322 g/mol. The lowest BCUT2D eigenvalue weighted by Crippen LogP contribution is -2.28. The molecule has 1 rings (SSSR count). The summed E-state index contributed by atoms with van der Waals surface area (Å²) in [5, 5.41) is 9.87. The van der Waals surface area contributed by atoms with Crippen LogP contribution in [0.2, 0.25) is 0 Å². The van der Waals surface area contributed by atoms with Gasteiger partial charge in [-0.2, -0.15) is 0 Å². The molecule has 0 spiro atoms. The Kier molecular flexibility index (Phi) is 5.69. The number of benzene rings is 1. The number of aliphatic hydroxyl groups is 1. The van der Waals surface area contributed by atoms with Crippen molar-refractivity contribution in [3.05, 3.63) is 33.8 Å². The fraction of sp³-hybridized carbons (Fsp3) is 0.538. The van der Waals surface area contributed by atoms with Gasteiger partial charge in [-0.3, -0.25) is 0 Å². The van der Waals surface area contributed by atoms with Gasteiger partial charge in [-0.05, 0) is 30.9 Å². The van der Waals surface area contributed by atoms with E-state index in [1.54, 1.807) is 0 Å². The van der Waals surface area contributed by atoms with Crippen molar-refractivity contribution in [3.8, 4) is 0 Å². The number of nitrogens with two attached hydrogens (primary N) is 1. The zero-order valence-electron chi connectivity index (χ0n) is 10.5. The van der Waals surface area contributed by atoms with Crippen LogP contribution in [0.3, 0.4) is 0 Å². The van der Waals surface area contributed by atoms with Crippen LogP contribution in [-0.2, 0) is 0 Å². The maximum Gasteiger partial charge on any atom is 0.132 e. The predicted molar refractivity (Wildman–Crippen MR) is 71.1 cm³/mol. The molecular weight excluding hydrogens is 304 g/mol. The summed E-state index contributed by atoms with van der Waals surface area (Å²) < 4.78 is 27.6. The van der Waals surface area contributed by atoms with E-state index in [0.717, 1.165) is 18.6 Å². The summed E-state index contributed by atoms with van der Waals surface area (Å²) in [7, 11) is 0. The highest BCUT2D eigenvalue weighted by Gasteiger charge is 2.24. The van der Waals surface area contributed by atoms with Crippen molar-refractivity contribution in [2.45, 2.75) is 38.8 Å². The van der Waals surface area contributed by atoms with Crippen LogP contribution in [-0.4, -0.2) is 11.2 Å². The van der Waals surface area contributed by atoms with Crippen LogP contribution < -0.4 is 5.73 Å². The SMILES string of the molecule is CC(C)CC[C@@H](O)[C@@H](N)c1c(F)cc(Br)cc1F. The lowest BCUT2D eigenvalue weighted by Gasteiger charge is -2.21. The third-order valence-corrected chi connectivity index (χ3v) is 3.29. The van der Waals surface area contributed by atoms with Crippen LogP contribution in [0.5, 0.6) is 0 Å². The Hall–Kier alpha value is -0.520. The first-order chi connectivity index (χ1) is 8.32. The molecule has 0 saturated heterocycles. The highest BCUT2D eigenvalue weighted by molar-refractivity contribution is 9.10. The Morgan fingerprint density at radius 3 is 2.17 bits per heavy atom. The molecule has 0 heterocycles. The third kappa shape index (κ3) is 4.00. The number of rotatable bonds is 5. The van der Waals surface area contributed by atoms with E-state index in [1.165, 1.54) is 0 Å². The first kappa shape index (κ1) is 15.5. The zero-order chi connectivity index (χ0) is 13.9. The number of hydrogen-bond acceptors (Lipinski definition) is 2. The Morgan fingerprint density at radius 1 is 1.22 bits per heavy atom. The standard InChI is InChI=1S/C13H18BrF2NO/c1-7(2)3-4-11(18)13(17)12-9(15)5-8(14)6-10(12)16/h5-7,11,13,18H,3-4,17H2,1-2H3/t11-,13-/m1/s1. The molecule has 0 amide bonds. The minimum Gasteiger partial charge on any atom is -0.391 e. The Bertz CT molecular complexity index is 389. The lowest BCUT2D eigenvalue weighted by atomic mass is 9.95. The van der Waals surface area contributed by atoms with E-state index in [0.29, 0.717) is 16.8 Å². The van der Waals surface area contributed by atoms with Crippen LogP contribution in [0.4, 0.5) is 8.78 Å². The van der Waals surface area contributed by atoms with Crippen LogP contribution in [0.1, 0.15) is 38.3 Å². The smallest absolute Gasteiger partial charge is 0.132 e. The molecule has 0 bridgehead atoms. The largest absolute Gasteiger partial charge is 0.391 e. The lowest BCUT2D eigenvalue weighted by molar-refractivity contribution is 0.125. The second-order valence-corrected chi connectivity index (χ2v) is 5.76. The molecule has 0 unspecified atom stereocenters. The highest BCUT2D eigenvalue weighted by Crippen LogP contribution is 2.27. The first-order valence-corrected chi connectivity index (χ1v) is 6.70. The molecule has 2 nitrogen and oxygen atoms in total. The van der Waals surface area contributed by atoms with E-state index in [1.807, 2.05) is 13.8 Å². The molecule has 0 fully saturated rings. The van der Waals surface area contributed by atoms with Crippen molar-refractivity contribution in [2.75, 3.05) is 0 Å². The Morgan fingerprint density at radius 2 is 1.72 bits per heavy atom. The highest BCUT2D eigenvalue weighted by atomic mass is 79.9. The molecule has 0 aliphatic heterocycles. The molecule has 5 heteroatoms. The summed E-state index contributed by atoms with van der Waals surface area (Å²) in [6, 6.07) is 1.25. The monoisotopic (exact) mass is 321 g/mol. The second-order valence-electron chi connectivity index (χ2n) is 4.85. The van der Waals surface area contributed by atoms with E-state index in [9.17, 15) is 13.9 Å². The van der Waals surface area contributed by atoms with Gasteiger partial charge in [0.05, 0.1) is 12.1 Å². The third-order valence-electron chi connectivity index (χ3n) is 2.83. The van der Waals surface area contributed by atoms with Gasteiger partial charge in [0.15, 0.2) is 0 Å². The van der Waals surface area contributed by atoms with Crippen molar-refractivity contribution in [1.29, 1.82) is 0 Å². The molecule has 2 atom stereocenters. The maximum absolute atomic E-state index is 13.7. The van der Waals surface area contributed by atoms with Gasteiger partial charge in [0.25, 0.3) is 0 Å². The summed E-state index contributed by atoms with van der Waals surface area (Å²) >= 11 is 3.00. The molecule has 1 aromatic rings. The van der Waals surface area contributed by atoms with E-state index in [4.69, 9.17) is 5.73 Å². The fourth-order valence-electron chi connectivity index (χ4n) is 1.75. The van der Waals surface area contributed by atoms with E-state index < -0.39 is 23.8 Å². The summed E-state index contributed by atoms with van der Waals surface area (Å²) in [6.45, 7) is 4.03. The quantitative estimate of drug-likeness (QED) is 0.871. The molecule has 18 heavy (non-hydrogen) atoms. The van der Waals surface area contributed by atoms with E-state index >= 15 is 0 Å². The average Bonchev–Trinajstić information content (AvgIpc) is 2.24. The minimum atomic E-state index is -1.04. The molecule has 0 aliphatic carbocycles. The Labute approximate surface area is 114 Å². The van der Waals surface area contributed by atoms with Crippen molar-refractivity contribution in [2.24, 2.45) is 11.7 Å². The summed E-state index contributed by atoms with van der Waals surface area (Å²) in [4.78, 5) is 0. The van der Waals surface area contributed by atoms with Crippen LogP contribution in [0.15, 0.2) is 16.6 Å². The molecular formula is C13H18BrF2NO. The van der Waals surface area contributed by atoms with E-state index in [-0.39, 0.29) is 5.56 Å². The van der Waals surface area contributed by atoms with Gasteiger partial charge in [-0.15, -0.1) is 0 Å². The minimum absolute atomic E-state index is 0.255. The first-order valence-electron chi connectivity index (χ1n) is 5.91. The van der Waals surface area contributed by atoms with Gasteiger partial charge >= 0.3 is 0 Å². The molecule has 1 aromatic carbocycles. The summed E-state index contributed by atoms with van der Waals surface area (Å²) in [6.07, 6.45) is 0.236. The fourth-order valence-corrected chi connectivity index (χ4v) is 2.15. The molecule has 102 valence electrons. The molecule has 0 aromatic heterocycles.